The number of rotatable bonds is 2. The van der Waals surface area contributed by atoms with Gasteiger partial charge in [-0.3, -0.25) is 4.90 Å². The Labute approximate surface area is 134 Å². The van der Waals surface area contributed by atoms with Crippen LogP contribution in [0.15, 0.2) is 54.6 Å². The van der Waals surface area contributed by atoms with Crippen molar-refractivity contribution in [1.82, 2.24) is 5.32 Å². The van der Waals surface area contributed by atoms with Crippen molar-refractivity contribution >= 4 is 21.6 Å². The maximum atomic E-state index is 12.2. The molecule has 5 nitrogen and oxygen atoms in total. The molecule has 2 aromatic rings. The number of anilines is 1. The second kappa shape index (κ2) is 5.09. The average molecular weight is 328 g/mol. The van der Waals surface area contributed by atoms with Crippen LogP contribution in [0.3, 0.4) is 0 Å². The standard InChI is InChI=1S/C17H16N2O3S/c20-17-18-15-10-23(21,22)11-16(15)19(17)14-8-6-13(7-9-14)12-4-2-1-3-5-12/h1-9,15-16H,10-11H2,(H,18,20)/t15-,16+/m1/s1. The van der Waals surface area contributed by atoms with Crippen LogP contribution in [-0.2, 0) is 9.84 Å². The van der Waals surface area contributed by atoms with Gasteiger partial charge in [0.15, 0.2) is 9.84 Å². The summed E-state index contributed by atoms with van der Waals surface area (Å²) < 4.78 is 23.6. The Kier molecular flexibility index (Phi) is 3.16. The normalized spacial score (nSPS) is 25.2. The highest BCUT2D eigenvalue weighted by molar-refractivity contribution is 7.91. The van der Waals surface area contributed by atoms with Crippen LogP contribution in [0.25, 0.3) is 11.1 Å². The zero-order chi connectivity index (χ0) is 16.0. The second-order valence-electron chi connectivity index (χ2n) is 5.98. The van der Waals surface area contributed by atoms with Crippen LogP contribution in [-0.4, -0.2) is 38.0 Å². The summed E-state index contributed by atoms with van der Waals surface area (Å²) in [6.07, 6.45) is 0. The van der Waals surface area contributed by atoms with E-state index in [4.69, 9.17) is 0 Å². The van der Waals surface area contributed by atoms with E-state index in [-0.39, 0.29) is 29.6 Å². The van der Waals surface area contributed by atoms with Crippen LogP contribution in [0, 0.1) is 0 Å². The van der Waals surface area contributed by atoms with E-state index in [2.05, 4.69) is 5.32 Å². The van der Waals surface area contributed by atoms with Gasteiger partial charge in [0.2, 0.25) is 0 Å². The molecule has 0 bridgehead atoms. The summed E-state index contributed by atoms with van der Waals surface area (Å²) in [7, 11) is -3.08. The predicted molar refractivity (Wildman–Crippen MR) is 89.1 cm³/mol. The van der Waals surface area contributed by atoms with Gasteiger partial charge in [-0.2, -0.15) is 0 Å². The molecule has 0 aliphatic carbocycles. The maximum absolute atomic E-state index is 12.2. The first-order chi connectivity index (χ1) is 11.0. The van der Waals surface area contributed by atoms with Crippen LogP contribution in [0.4, 0.5) is 10.5 Å². The zero-order valence-electron chi connectivity index (χ0n) is 12.3. The Balaban J connectivity index is 1.64. The third kappa shape index (κ3) is 2.49. The van der Waals surface area contributed by atoms with Crippen molar-refractivity contribution in [2.75, 3.05) is 16.4 Å². The van der Waals surface area contributed by atoms with Crippen LogP contribution in [0.2, 0.25) is 0 Å². The Morgan fingerprint density at radius 2 is 1.57 bits per heavy atom. The molecule has 0 unspecified atom stereocenters. The van der Waals surface area contributed by atoms with Gasteiger partial charge in [-0.1, -0.05) is 42.5 Å². The molecule has 2 aromatic carbocycles. The number of carbonyl (C=O) groups is 1. The fourth-order valence-corrected chi connectivity index (χ4v) is 5.24. The van der Waals surface area contributed by atoms with Crippen molar-refractivity contribution in [2.24, 2.45) is 0 Å². The summed E-state index contributed by atoms with van der Waals surface area (Å²) in [5, 5.41) is 2.77. The van der Waals surface area contributed by atoms with E-state index in [1.165, 1.54) is 0 Å². The number of urea groups is 1. The number of nitrogens with zero attached hydrogens (tertiary/aromatic N) is 1. The number of amides is 2. The van der Waals surface area contributed by atoms with Crippen LogP contribution < -0.4 is 10.2 Å². The summed E-state index contributed by atoms with van der Waals surface area (Å²) in [4.78, 5) is 13.7. The van der Waals surface area contributed by atoms with Crippen molar-refractivity contribution in [3.8, 4) is 11.1 Å². The predicted octanol–water partition coefficient (Wildman–Crippen LogP) is 2.05. The van der Waals surface area contributed by atoms with Crippen molar-refractivity contribution in [3.05, 3.63) is 54.6 Å². The van der Waals surface area contributed by atoms with Gasteiger partial charge in [-0.15, -0.1) is 0 Å². The molecule has 2 atom stereocenters. The fourth-order valence-electron chi connectivity index (χ4n) is 3.35. The molecule has 0 saturated carbocycles. The lowest BCUT2D eigenvalue weighted by atomic mass is 10.0. The number of nitrogens with one attached hydrogen (secondary N) is 1. The summed E-state index contributed by atoms with van der Waals surface area (Å²) >= 11 is 0. The van der Waals surface area contributed by atoms with Crippen LogP contribution in [0.1, 0.15) is 0 Å². The lowest BCUT2D eigenvalue weighted by Crippen LogP contribution is -2.36. The van der Waals surface area contributed by atoms with Gasteiger partial charge in [0.25, 0.3) is 0 Å². The quantitative estimate of drug-likeness (QED) is 0.858. The molecule has 2 aliphatic rings. The molecule has 0 radical (unpaired) electrons. The highest BCUT2D eigenvalue weighted by atomic mass is 32.2. The molecule has 0 aromatic heterocycles. The molecule has 1 N–H and O–H groups in total. The SMILES string of the molecule is O=C1N[C@@H]2CS(=O)(=O)C[C@@H]2N1c1ccc(-c2ccccc2)cc1. The molecule has 6 heteroatoms. The molecule has 0 spiro atoms. The number of sulfone groups is 1. The van der Waals surface area contributed by atoms with E-state index in [1.807, 2.05) is 54.6 Å². The Hall–Kier alpha value is -2.34. The number of hydrogen-bond acceptors (Lipinski definition) is 3. The van der Waals surface area contributed by atoms with Gasteiger partial charge in [0.05, 0.1) is 23.6 Å². The first-order valence-corrected chi connectivity index (χ1v) is 9.31. The van der Waals surface area contributed by atoms with E-state index >= 15 is 0 Å². The summed E-state index contributed by atoms with van der Waals surface area (Å²) in [6, 6.07) is 16.8. The Morgan fingerprint density at radius 3 is 2.26 bits per heavy atom. The zero-order valence-corrected chi connectivity index (χ0v) is 13.2. The van der Waals surface area contributed by atoms with Gasteiger partial charge in [0.1, 0.15) is 0 Å². The molecule has 4 rings (SSSR count). The van der Waals surface area contributed by atoms with Crippen molar-refractivity contribution in [3.63, 3.8) is 0 Å². The molecule has 2 fully saturated rings. The third-order valence-corrected chi connectivity index (χ3v) is 6.15. The Bertz CT molecular complexity index is 847. The van der Waals surface area contributed by atoms with Gasteiger partial charge in [-0.25, -0.2) is 13.2 Å². The van der Waals surface area contributed by atoms with E-state index in [0.717, 1.165) is 16.8 Å². The van der Waals surface area contributed by atoms with Crippen molar-refractivity contribution in [2.45, 2.75) is 12.1 Å². The minimum Gasteiger partial charge on any atom is -0.332 e. The topological polar surface area (TPSA) is 66.5 Å². The fraction of sp³-hybridized carbons (Fsp3) is 0.235. The van der Waals surface area contributed by atoms with Crippen LogP contribution in [0.5, 0.6) is 0 Å². The molecule has 118 valence electrons. The summed E-state index contributed by atoms with van der Waals surface area (Å²) in [5.74, 6) is 0.0544. The van der Waals surface area contributed by atoms with Crippen molar-refractivity contribution in [1.29, 1.82) is 0 Å². The van der Waals surface area contributed by atoms with Gasteiger partial charge in [-0.05, 0) is 23.3 Å². The third-order valence-electron chi connectivity index (χ3n) is 4.43. The molecular weight excluding hydrogens is 312 g/mol. The van der Waals surface area contributed by atoms with E-state index < -0.39 is 9.84 Å². The summed E-state index contributed by atoms with van der Waals surface area (Å²) in [5.41, 5.74) is 2.89. The lowest BCUT2D eigenvalue weighted by Gasteiger charge is -2.21. The maximum Gasteiger partial charge on any atom is 0.322 e. The molecule has 2 heterocycles. The second-order valence-corrected chi connectivity index (χ2v) is 8.14. The molecule has 2 amide bonds. The first-order valence-electron chi connectivity index (χ1n) is 7.49. The monoisotopic (exact) mass is 328 g/mol. The average Bonchev–Trinajstić information content (AvgIpc) is 2.98. The van der Waals surface area contributed by atoms with Crippen LogP contribution >= 0.6 is 0 Å². The molecule has 2 saturated heterocycles. The van der Waals surface area contributed by atoms with Crippen molar-refractivity contribution < 1.29 is 13.2 Å². The van der Waals surface area contributed by atoms with Gasteiger partial charge in [0, 0.05) is 5.69 Å². The minimum atomic E-state index is -3.08. The lowest BCUT2D eigenvalue weighted by molar-refractivity contribution is 0.251. The highest BCUT2D eigenvalue weighted by Crippen LogP contribution is 2.31. The van der Waals surface area contributed by atoms with E-state index in [0.29, 0.717) is 0 Å². The number of benzene rings is 2. The summed E-state index contributed by atoms with van der Waals surface area (Å²) in [6.45, 7) is 0. The van der Waals surface area contributed by atoms with E-state index in [1.54, 1.807) is 4.90 Å². The number of fused-ring (bicyclic) bond motifs is 1. The van der Waals surface area contributed by atoms with E-state index in [9.17, 15) is 13.2 Å². The largest absolute Gasteiger partial charge is 0.332 e. The minimum absolute atomic E-state index is 0.0246. The molecule has 23 heavy (non-hydrogen) atoms. The number of carbonyl (C=O) groups excluding carboxylic acids is 1. The van der Waals surface area contributed by atoms with Gasteiger partial charge < -0.3 is 5.32 Å². The first kappa shape index (κ1) is 14.3. The smallest absolute Gasteiger partial charge is 0.322 e. The molecule has 2 aliphatic heterocycles. The molecular formula is C17H16N2O3S. The number of hydrogen-bond donors (Lipinski definition) is 1. The Morgan fingerprint density at radius 1 is 0.913 bits per heavy atom. The van der Waals surface area contributed by atoms with Gasteiger partial charge >= 0.3 is 6.03 Å². The highest BCUT2D eigenvalue weighted by Gasteiger charge is 2.49.